The van der Waals surface area contributed by atoms with E-state index in [-0.39, 0.29) is 0 Å². The number of hydrogen-bond acceptors (Lipinski definition) is 2. The Kier molecular flexibility index (Phi) is 2.48. The largest absolute Gasteiger partial charge is 0.399 e. The van der Waals surface area contributed by atoms with Crippen LogP contribution in [0.2, 0.25) is 0 Å². The quantitative estimate of drug-likeness (QED) is 0.564. The smallest absolute Gasteiger partial charge is 0.106 e. The minimum Gasteiger partial charge on any atom is -0.399 e. The van der Waals surface area contributed by atoms with E-state index < -0.39 is 0 Å². The summed E-state index contributed by atoms with van der Waals surface area (Å²) < 4.78 is 0. The van der Waals surface area contributed by atoms with Gasteiger partial charge in [0.1, 0.15) is 7.11 Å². The van der Waals surface area contributed by atoms with Crippen molar-refractivity contribution in [2.75, 3.05) is 7.11 Å². The van der Waals surface area contributed by atoms with Gasteiger partial charge in [-0.3, -0.25) is 0 Å². The Morgan fingerprint density at radius 3 is 3.08 bits per heavy atom. The van der Waals surface area contributed by atoms with E-state index in [0.717, 1.165) is 6.42 Å². The molecule has 2 unspecified atom stereocenters. The van der Waals surface area contributed by atoms with Crippen molar-refractivity contribution in [1.29, 1.82) is 0 Å². The van der Waals surface area contributed by atoms with Gasteiger partial charge in [0, 0.05) is 5.92 Å². The molecule has 2 heteroatoms. The zero-order chi connectivity index (χ0) is 9.10. The summed E-state index contributed by atoms with van der Waals surface area (Å²) in [5.41, 5.74) is 1.21. The van der Waals surface area contributed by atoms with Crippen LogP contribution in [-0.4, -0.2) is 12.8 Å². The predicted octanol–water partition coefficient (Wildman–Crippen LogP) is 2.53. The molecule has 0 heterocycles. The van der Waals surface area contributed by atoms with E-state index in [4.69, 9.17) is 4.84 Å². The normalized spacial score (nSPS) is 34.7. The van der Waals surface area contributed by atoms with Crippen molar-refractivity contribution in [2.24, 2.45) is 17.0 Å². The molecule has 2 aliphatic carbocycles. The minimum atomic E-state index is 0.499. The van der Waals surface area contributed by atoms with Crippen LogP contribution in [0.5, 0.6) is 0 Å². The number of fused-ring (bicyclic) bond motifs is 1. The van der Waals surface area contributed by atoms with Crippen LogP contribution >= 0.6 is 0 Å². The third-order valence-corrected chi connectivity index (χ3v) is 2.81. The fourth-order valence-corrected chi connectivity index (χ4v) is 2.20. The Labute approximate surface area is 79.0 Å². The molecule has 0 spiro atoms. The van der Waals surface area contributed by atoms with Gasteiger partial charge in [0.25, 0.3) is 0 Å². The Hall–Kier alpha value is -1.05. The first-order valence-corrected chi connectivity index (χ1v) is 4.86. The second-order valence-electron chi connectivity index (χ2n) is 3.62. The number of oxime groups is 1. The fraction of sp³-hybridized carbons (Fsp3) is 0.545. The Morgan fingerprint density at radius 1 is 1.38 bits per heavy atom. The summed E-state index contributed by atoms with van der Waals surface area (Å²) in [6.45, 7) is 0. The van der Waals surface area contributed by atoms with Gasteiger partial charge >= 0.3 is 0 Å². The van der Waals surface area contributed by atoms with E-state index in [2.05, 4.69) is 29.5 Å². The lowest BCUT2D eigenvalue weighted by atomic mass is 9.76. The summed E-state index contributed by atoms with van der Waals surface area (Å²) >= 11 is 0. The van der Waals surface area contributed by atoms with E-state index >= 15 is 0 Å². The van der Waals surface area contributed by atoms with Crippen molar-refractivity contribution in [3.63, 3.8) is 0 Å². The van der Waals surface area contributed by atoms with Crippen molar-refractivity contribution in [3.05, 3.63) is 24.3 Å². The molecular formula is C11H15NO. The second kappa shape index (κ2) is 3.77. The van der Waals surface area contributed by atoms with Crippen molar-refractivity contribution in [1.82, 2.24) is 0 Å². The van der Waals surface area contributed by atoms with E-state index in [0.29, 0.717) is 11.8 Å². The Bertz CT molecular complexity index is 265. The highest BCUT2D eigenvalue weighted by Crippen LogP contribution is 2.32. The highest BCUT2D eigenvalue weighted by atomic mass is 16.6. The summed E-state index contributed by atoms with van der Waals surface area (Å²) in [6.07, 6.45) is 12.4. The summed E-state index contributed by atoms with van der Waals surface area (Å²) in [4.78, 5) is 4.86. The summed E-state index contributed by atoms with van der Waals surface area (Å²) in [5.74, 6) is 1.16. The number of rotatable bonds is 1. The van der Waals surface area contributed by atoms with Crippen LogP contribution in [0.1, 0.15) is 19.3 Å². The van der Waals surface area contributed by atoms with Crippen molar-refractivity contribution in [3.8, 4) is 0 Å². The predicted molar refractivity (Wildman–Crippen MR) is 53.6 cm³/mol. The van der Waals surface area contributed by atoms with E-state index in [1.165, 1.54) is 18.6 Å². The molecule has 2 atom stereocenters. The highest BCUT2D eigenvalue weighted by molar-refractivity contribution is 5.89. The van der Waals surface area contributed by atoms with Crippen LogP contribution < -0.4 is 0 Å². The molecule has 0 N–H and O–H groups in total. The molecule has 70 valence electrons. The molecule has 2 nitrogen and oxygen atoms in total. The average Bonchev–Trinajstić information content (AvgIpc) is 2.19. The van der Waals surface area contributed by atoms with Crippen LogP contribution in [0.4, 0.5) is 0 Å². The number of nitrogens with zero attached hydrogens (tertiary/aromatic N) is 1. The van der Waals surface area contributed by atoms with Crippen LogP contribution in [-0.2, 0) is 4.84 Å². The van der Waals surface area contributed by atoms with Gasteiger partial charge in [-0.1, -0.05) is 29.5 Å². The van der Waals surface area contributed by atoms with Crippen LogP contribution in [0.15, 0.2) is 29.5 Å². The van der Waals surface area contributed by atoms with Crippen LogP contribution in [0, 0.1) is 11.8 Å². The monoisotopic (exact) mass is 177 g/mol. The molecule has 0 radical (unpaired) electrons. The zero-order valence-corrected chi connectivity index (χ0v) is 7.94. The van der Waals surface area contributed by atoms with Crippen molar-refractivity contribution in [2.45, 2.75) is 19.3 Å². The molecule has 0 aromatic rings. The molecule has 2 rings (SSSR count). The molecule has 2 aliphatic rings. The maximum absolute atomic E-state index is 4.86. The summed E-state index contributed by atoms with van der Waals surface area (Å²) in [7, 11) is 1.62. The first-order chi connectivity index (χ1) is 6.42. The van der Waals surface area contributed by atoms with E-state index in [1.807, 2.05) is 0 Å². The molecule has 0 aliphatic heterocycles. The SMILES string of the molecule is CON=C1CCCC2C=CC=CC12. The van der Waals surface area contributed by atoms with Crippen molar-refractivity contribution < 1.29 is 4.84 Å². The highest BCUT2D eigenvalue weighted by Gasteiger charge is 2.27. The van der Waals surface area contributed by atoms with Crippen LogP contribution in [0.3, 0.4) is 0 Å². The Balaban J connectivity index is 2.18. The molecule has 0 aromatic heterocycles. The molecule has 0 bridgehead atoms. The molecule has 0 saturated heterocycles. The molecule has 0 amide bonds. The van der Waals surface area contributed by atoms with Gasteiger partial charge in [-0.2, -0.15) is 0 Å². The second-order valence-corrected chi connectivity index (χ2v) is 3.62. The molecule has 1 saturated carbocycles. The standard InChI is InChI=1S/C11H15NO/c1-13-12-11-8-4-6-9-5-2-3-7-10(9)11/h2-3,5,7,9-10H,4,6,8H2,1H3. The summed E-state index contributed by atoms with van der Waals surface area (Å²) in [5, 5.41) is 4.10. The van der Waals surface area contributed by atoms with E-state index in [9.17, 15) is 0 Å². The minimum absolute atomic E-state index is 0.499. The van der Waals surface area contributed by atoms with Gasteiger partial charge in [0.05, 0.1) is 5.71 Å². The zero-order valence-electron chi connectivity index (χ0n) is 7.94. The lowest BCUT2D eigenvalue weighted by molar-refractivity contribution is 0.208. The fourth-order valence-electron chi connectivity index (χ4n) is 2.20. The molecule has 13 heavy (non-hydrogen) atoms. The lowest BCUT2D eigenvalue weighted by Gasteiger charge is -2.29. The van der Waals surface area contributed by atoms with Crippen molar-refractivity contribution >= 4 is 5.71 Å². The van der Waals surface area contributed by atoms with E-state index in [1.54, 1.807) is 7.11 Å². The molecular weight excluding hydrogens is 162 g/mol. The van der Waals surface area contributed by atoms with Gasteiger partial charge in [-0.15, -0.1) is 0 Å². The van der Waals surface area contributed by atoms with Crippen LogP contribution in [0.25, 0.3) is 0 Å². The van der Waals surface area contributed by atoms with Gasteiger partial charge in [-0.05, 0) is 25.2 Å². The number of allylic oxidation sites excluding steroid dienone is 4. The lowest BCUT2D eigenvalue weighted by Crippen LogP contribution is -2.27. The first-order valence-electron chi connectivity index (χ1n) is 4.86. The van der Waals surface area contributed by atoms with Gasteiger partial charge in [0.15, 0.2) is 0 Å². The van der Waals surface area contributed by atoms with Gasteiger partial charge in [0.2, 0.25) is 0 Å². The maximum Gasteiger partial charge on any atom is 0.106 e. The third-order valence-electron chi connectivity index (χ3n) is 2.81. The van der Waals surface area contributed by atoms with Gasteiger partial charge < -0.3 is 4.84 Å². The Morgan fingerprint density at radius 2 is 2.23 bits per heavy atom. The average molecular weight is 177 g/mol. The molecule has 0 aromatic carbocycles. The number of hydrogen-bond donors (Lipinski definition) is 0. The van der Waals surface area contributed by atoms with Gasteiger partial charge in [-0.25, -0.2) is 0 Å². The molecule has 1 fully saturated rings. The first kappa shape index (κ1) is 8.54. The summed E-state index contributed by atoms with van der Waals surface area (Å²) in [6, 6.07) is 0. The maximum atomic E-state index is 4.86. The third kappa shape index (κ3) is 1.67. The topological polar surface area (TPSA) is 21.6 Å².